The zero-order valence-electron chi connectivity index (χ0n) is 5.58. The Kier molecular flexibility index (Phi) is 2.39. The molecule has 1 fully saturated rings. The maximum Gasteiger partial charge on any atom is 0.325 e. The summed E-state index contributed by atoms with van der Waals surface area (Å²) < 4.78 is 0. The fourth-order valence-corrected chi connectivity index (χ4v) is 0.847. The van der Waals surface area contributed by atoms with E-state index in [-0.39, 0.29) is 12.5 Å². The van der Waals surface area contributed by atoms with Crippen LogP contribution in [0.5, 0.6) is 0 Å². The van der Waals surface area contributed by atoms with Crippen molar-refractivity contribution in [3.05, 3.63) is 0 Å². The lowest BCUT2D eigenvalue weighted by Crippen LogP contribution is -2.34. The molecule has 0 spiro atoms. The number of hydrogen-bond acceptors (Lipinski definition) is 4. The average Bonchev–Trinajstić information content (AvgIpc) is 1.88. The molecule has 1 aliphatic heterocycles. The van der Waals surface area contributed by atoms with E-state index in [1.54, 1.807) is 0 Å². The first-order valence-corrected chi connectivity index (χ1v) is 3.22. The van der Waals surface area contributed by atoms with Crippen LogP contribution in [0.4, 0.5) is 0 Å². The van der Waals surface area contributed by atoms with E-state index >= 15 is 0 Å². The Morgan fingerprint density at radius 3 is 3.10 bits per heavy atom. The number of carbonyl (C=O) groups excluding carboxylic acids is 2. The summed E-state index contributed by atoms with van der Waals surface area (Å²) in [6, 6.07) is 0. The van der Waals surface area contributed by atoms with E-state index in [1.807, 2.05) is 0 Å². The highest BCUT2D eigenvalue weighted by Gasteiger charge is 2.16. The highest BCUT2D eigenvalue weighted by molar-refractivity contribution is 5.69. The molecule has 0 aromatic rings. The molecule has 56 valence electrons. The van der Waals surface area contributed by atoms with Gasteiger partial charge in [0.15, 0.2) is 0 Å². The Bertz CT molecular complexity index is 146. The predicted octanol–water partition coefficient (Wildman–Crippen LogP) is -0.261. The van der Waals surface area contributed by atoms with Gasteiger partial charge in [0.25, 0.3) is 0 Å². The van der Waals surface area contributed by atoms with E-state index < -0.39 is 0 Å². The SMILES string of the molecule is O=CCN1CCCC(=O)O1. The molecule has 0 aliphatic carbocycles. The normalized spacial score (nSPS) is 20.2. The van der Waals surface area contributed by atoms with Crippen molar-refractivity contribution in [1.82, 2.24) is 5.06 Å². The molecule has 1 saturated heterocycles. The predicted molar refractivity (Wildman–Crippen MR) is 33.0 cm³/mol. The van der Waals surface area contributed by atoms with Gasteiger partial charge in [-0.3, -0.25) is 4.79 Å². The molecule has 0 saturated carbocycles. The van der Waals surface area contributed by atoms with Crippen LogP contribution in [0, 0.1) is 0 Å². The van der Waals surface area contributed by atoms with Gasteiger partial charge < -0.3 is 9.63 Å². The summed E-state index contributed by atoms with van der Waals surface area (Å²) in [7, 11) is 0. The number of hydroxylamine groups is 2. The largest absolute Gasteiger partial charge is 0.368 e. The van der Waals surface area contributed by atoms with Gasteiger partial charge in [-0.25, -0.2) is 0 Å². The first-order chi connectivity index (χ1) is 4.83. The summed E-state index contributed by atoms with van der Waals surface area (Å²) in [6.45, 7) is 0.857. The van der Waals surface area contributed by atoms with Crippen molar-refractivity contribution in [3.8, 4) is 0 Å². The van der Waals surface area contributed by atoms with Crippen LogP contribution in [-0.4, -0.2) is 30.4 Å². The molecule has 0 radical (unpaired) electrons. The summed E-state index contributed by atoms with van der Waals surface area (Å²) >= 11 is 0. The lowest BCUT2D eigenvalue weighted by molar-refractivity contribution is -0.198. The molecule has 0 N–H and O–H groups in total. The van der Waals surface area contributed by atoms with Crippen molar-refractivity contribution in [2.24, 2.45) is 0 Å². The monoisotopic (exact) mass is 143 g/mol. The van der Waals surface area contributed by atoms with Gasteiger partial charge in [0.05, 0.1) is 6.54 Å². The first kappa shape index (κ1) is 7.21. The quantitative estimate of drug-likeness (QED) is 0.499. The lowest BCUT2D eigenvalue weighted by Gasteiger charge is -2.22. The van der Waals surface area contributed by atoms with Crippen LogP contribution in [0.3, 0.4) is 0 Å². The molecule has 0 bridgehead atoms. The zero-order valence-corrected chi connectivity index (χ0v) is 5.58. The minimum Gasteiger partial charge on any atom is -0.368 e. The molecule has 10 heavy (non-hydrogen) atoms. The topological polar surface area (TPSA) is 46.6 Å². The Morgan fingerprint density at radius 2 is 2.50 bits per heavy atom. The van der Waals surface area contributed by atoms with Crippen LogP contribution < -0.4 is 0 Å². The molecule has 0 aromatic heterocycles. The molecule has 4 heteroatoms. The first-order valence-electron chi connectivity index (χ1n) is 3.22. The van der Waals surface area contributed by atoms with Gasteiger partial charge in [-0.05, 0) is 6.42 Å². The maximum atomic E-state index is 10.6. The van der Waals surface area contributed by atoms with Crippen LogP contribution in [0.2, 0.25) is 0 Å². The van der Waals surface area contributed by atoms with Gasteiger partial charge in [0.1, 0.15) is 6.29 Å². The molecule has 0 aromatic carbocycles. The van der Waals surface area contributed by atoms with Gasteiger partial charge >= 0.3 is 5.97 Å². The maximum absolute atomic E-state index is 10.6. The number of hydrogen-bond donors (Lipinski definition) is 0. The van der Waals surface area contributed by atoms with E-state index in [0.717, 1.165) is 12.7 Å². The van der Waals surface area contributed by atoms with Crippen molar-refractivity contribution in [2.45, 2.75) is 12.8 Å². The molecular formula is C6H9NO3. The molecular weight excluding hydrogens is 134 g/mol. The van der Waals surface area contributed by atoms with Crippen molar-refractivity contribution in [3.63, 3.8) is 0 Å². The molecule has 0 atom stereocenters. The van der Waals surface area contributed by atoms with Crippen LogP contribution in [0.1, 0.15) is 12.8 Å². The van der Waals surface area contributed by atoms with E-state index in [1.165, 1.54) is 5.06 Å². The van der Waals surface area contributed by atoms with Gasteiger partial charge in [0.2, 0.25) is 0 Å². The van der Waals surface area contributed by atoms with E-state index in [0.29, 0.717) is 13.0 Å². The standard InChI is InChI=1S/C6H9NO3/c8-5-4-7-3-1-2-6(9)10-7/h5H,1-4H2. The van der Waals surface area contributed by atoms with Crippen LogP contribution in [0.25, 0.3) is 0 Å². The molecule has 0 amide bonds. The Morgan fingerprint density at radius 1 is 1.70 bits per heavy atom. The highest BCUT2D eigenvalue weighted by atomic mass is 16.7. The average molecular weight is 143 g/mol. The van der Waals surface area contributed by atoms with Crippen molar-refractivity contribution in [1.29, 1.82) is 0 Å². The summed E-state index contributed by atoms with van der Waals surface area (Å²) in [4.78, 5) is 25.2. The molecule has 4 nitrogen and oxygen atoms in total. The minimum atomic E-state index is -0.242. The molecule has 1 rings (SSSR count). The number of nitrogens with zero attached hydrogens (tertiary/aromatic N) is 1. The molecule has 1 aliphatic rings. The summed E-state index contributed by atoms with van der Waals surface area (Å²) in [5, 5.41) is 1.37. The molecule has 0 unspecified atom stereocenters. The third kappa shape index (κ3) is 1.80. The van der Waals surface area contributed by atoms with Gasteiger partial charge in [-0.1, -0.05) is 0 Å². The Hall–Kier alpha value is -0.900. The van der Waals surface area contributed by atoms with Gasteiger partial charge in [0, 0.05) is 13.0 Å². The fraction of sp³-hybridized carbons (Fsp3) is 0.667. The van der Waals surface area contributed by atoms with Gasteiger partial charge in [-0.2, -0.15) is 0 Å². The second-order valence-corrected chi connectivity index (χ2v) is 2.12. The van der Waals surface area contributed by atoms with Crippen molar-refractivity contribution >= 4 is 12.3 Å². The third-order valence-corrected chi connectivity index (χ3v) is 1.30. The van der Waals surface area contributed by atoms with Gasteiger partial charge in [-0.15, -0.1) is 5.06 Å². The summed E-state index contributed by atoms with van der Waals surface area (Å²) in [6.07, 6.45) is 1.97. The Labute approximate surface area is 58.7 Å². The zero-order chi connectivity index (χ0) is 7.40. The second kappa shape index (κ2) is 3.31. The van der Waals surface area contributed by atoms with Crippen LogP contribution >= 0.6 is 0 Å². The highest BCUT2D eigenvalue weighted by Crippen LogP contribution is 2.05. The molecule has 1 heterocycles. The number of rotatable bonds is 2. The second-order valence-electron chi connectivity index (χ2n) is 2.12. The number of aldehydes is 1. The van der Waals surface area contributed by atoms with Crippen LogP contribution in [0.15, 0.2) is 0 Å². The third-order valence-electron chi connectivity index (χ3n) is 1.30. The van der Waals surface area contributed by atoms with E-state index in [9.17, 15) is 9.59 Å². The summed E-state index contributed by atoms with van der Waals surface area (Å²) in [5.41, 5.74) is 0. The minimum absolute atomic E-state index is 0.186. The lowest BCUT2D eigenvalue weighted by atomic mass is 10.3. The van der Waals surface area contributed by atoms with E-state index in [2.05, 4.69) is 4.84 Å². The Balaban J connectivity index is 2.31. The van der Waals surface area contributed by atoms with E-state index in [4.69, 9.17) is 0 Å². The smallest absolute Gasteiger partial charge is 0.325 e. The van der Waals surface area contributed by atoms with Crippen LogP contribution in [-0.2, 0) is 14.4 Å². The fourth-order valence-electron chi connectivity index (χ4n) is 0.847. The van der Waals surface area contributed by atoms with Crippen molar-refractivity contribution < 1.29 is 14.4 Å². The summed E-state index contributed by atoms with van der Waals surface area (Å²) in [5.74, 6) is -0.242. The number of carbonyl (C=O) groups is 2. The van der Waals surface area contributed by atoms with Crippen molar-refractivity contribution in [2.75, 3.05) is 13.1 Å².